The van der Waals surface area contributed by atoms with Gasteiger partial charge in [0.1, 0.15) is 17.0 Å². The molecule has 1 saturated carbocycles. The number of esters is 1. The fourth-order valence-electron chi connectivity index (χ4n) is 4.72. The van der Waals surface area contributed by atoms with Crippen LogP contribution in [0.3, 0.4) is 0 Å². The molecule has 182 valence electrons. The van der Waals surface area contributed by atoms with Gasteiger partial charge >= 0.3 is 5.97 Å². The molecule has 2 aliphatic rings. The van der Waals surface area contributed by atoms with Gasteiger partial charge in [-0.15, -0.1) is 0 Å². The van der Waals surface area contributed by atoms with Crippen LogP contribution >= 0.6 is 0 Å². The lowest BCUT2D eigenvalue weighted by atomic mass is 9.91. The van der Waals surface area contributed by atoms with Gasteiger partial charge in [0.15, 0.2) is 5.69 Å². The van der Waals surface area contributed by atoms with Gasteiger partial charge in [0, 0.05) is 18.7 Å². The molecule has 2 heterocycles. The van der Waals surface area contributed by atoms with Gasteiger partial charge in [-0.3, -0.25) is 14.3 Å². The normalized spacial score (nSPS) is 20.6. The molecule has 0 spiro atoms. The van der Waals surface area contributed by atoms with Gasteiger partial charge < -0.3 is 19.7 Å². The second kappa shape index (κ2) is 9.87. The molecule has 0 saturated heterocycles. The first kappa shape index (κ1) is 23.8. The number of carbonyl (C=O) groups is 3. The number of hydrogen-bond acceptors (Lipinski definition) is 6. The van der Waals surface area contributed by atoms with Crippen LogP contribution in [0.15, 0.2) is 30.3 Å². The highest BCUT2D eigenvalue weighted by Gasteiger charge is 2.48. The summed E-state index contributed by atoms with van der Waals surface area (Å²) in [7, 11) is 1.27. The first-order valence-electron chi connectivity index (χ1n) is 11.9. The Morgan fingerprint density at radius 3 is 2.53 bits per heavy atom. The van der Waals surface area contributed by atoms with Crippen LogP contribution < -0.4 is 10.1 Å². The molecule has 1 aromatic heterocycles. The van der Waals surface area contributed by atoms with E-state index in [2.05, 4.69) is 10.4 Å². The average Bonchev–Trinajstić information content (AvgIpc) is 3.27. The first-order valence-corrected chi connectivity index (χ1v) is 11.9. The summed E-state index contributed by atoms with van der Waals surface area (Å²) in [5.74, 6) is -0.445. The third-order valence-corrected chi connectivity index (χ3v) is 6.70. The van der Waals surface area contributed by atoms with E-state index in [4.69, 9.17) is 9.47 Å². The zero-order chi connectivity index (χ0) is 24.3. The average molecular weight is 469 g/mol. The highest BCUT2D eigenvalue weighted by molar-refractivity contribution is 6.01. The third kappa shape index (κ3) is 4.64. The van der Waals surface area contributed by atoms with Crippen LogP contribution in [0, 0.1) is 0 Å². The van der Waals surface area contributed by atoms with Crippen LogP contribution in [0.1, 0.15) is 72.5 Å². The van der Waals surface area contributed by atoms with E-state index in [0.29, 0.717) is 6.61 Å². The molecule has 9 nitrogen and oxygen atoms in total. The molecule has 2 amide bonds. The molecule has 0 bridgehead atoms. The Morgan fingerprint density at radius 2 is 1.88 bits per heavy atom. The summed E-state index contributed by atoms with van der Waals surface area (Å²) in [6.07, 6.45) is 5.23. The summed E-state index contributed by atoms with van der Waals surface area (Å²) in [6, 6.07) is 9.02. The molecule has 1 atom stereocenters. The predicted octanol–water partition coefficient (Wildman–Crippen LogP) is 2.93. The van der Waals surface area contributed by atoms with Gasteiger partial charge in [0.25, 0.3) is 5.91 Å². The van der Waals surface area contributed by atoms with E-state index in [1.807, 2.05) is 31.2 Å². The number of aromatic nitrogens is 2. The van der Waals surface area contributed by atoms with Crippen LogP contribution in [0.25, 0.3) is 0 Å². The number of ether oxygens (including phenoxy) is 2. The van der Waals surface area contributed by atoms with Gasteiger partial charge in [-0.25, -0.2) is 4.79 Å². The fraction of sp³-hybridized carbons (Fsp3) is 0.520. The summed E-state index contributed by atoms with van der Waals surface area (Å²) >= 11 is 0. The Kier molecular flexibility index (Phi) is 6.90. The maximum absolute atomic E-state index is 13.6. The van der Waals surface area contributed by atoms with E-state index >= 15 is 0 Å². The van der Waals surface area contributed by atoms with Gasteiger partial charge in [-0.05, 0) is 44.4 Å². The molecule has 4 rings (SSSR count). The largest absolute Gasteiger partial charge is 0.494 e. The molecule has 1 aliphatic heterocycles. The third-order valence-electron chi connectivity index (χ3n) is 6.70. The quantitative estimate of drug-likeness (QED) is 0.627. The Bertz CT molecular complexity index is 1060. The monoisotopic (exact) mass is 468 g/mol. The SMILES string of the molecule is CCOc1ccc(CN2C(=O)c3cc(C(=O)OC)nn3CC2(C)C(=O)NC2CCCCC2)cc1. The van der Waals surface area contributed by atoms with E-state index in [1.54, 1.807) is 11.8 Å². The van der Waals surface area contributed by atoms with Crippen molar-refractivity contribution in [1.29, 1.82) is 0 Å². The summed E-state index contributed by atoms with van der Waals surface area (Å²) < 4.78 is 11.7. The number of benzene rings is 1. The maximum Gasteiger partial charge on any atom is 0.358 e. The van der Waals surface area contributed by atoms with Crippen molar-refractivity contribution < 1.29 is 23.9 Å². The van der Waals surface area contributed by atoms with Gasteiger partial charge in [-0.2, -0.15) is 5.10 Å². The standard InChI is InChI=1S/C25H32N4O5/c1-4-34-19-12-10-17(11-13-19)15-28-22(30)21-14-20(23(31)33-3)27-29(21)16-25(28,2)24(32)26-18-8-6-5-7-9-18/h10-14,18H,4-9,15-16H2,1-3H3,(H,26,32). The van der Waals surface area contributed by atoms with Crippen molar-refractivity contribution in [2.45, 2.75) is 70.6 Å². The van der Waals surface area contributed by atoms with Crippen LogP contribution in [0.4, 0.5) is 0 Å². The van der Waals surface area contributed by atoms with E-state index < -0.39 is 11.5 Å². The molecule has 9 heteroatoms. The number of methoxy groups -OCH3 is 1. The van der Waals surface area contributed by atoms with E-state index in [1.165, 1.54) is 24.3 Å². The zero-order valence-corrected chi connectivity index (χ0v) is 20.0. The van der Waals surface area contributed by atoms with Crippen LogP contribution in [-0.2, 0) is 22.6 Å². The van der Waals surface area contributed by atoms with Crippen molar-refractivity contribution in [2.24, 2.45) is 0 Å². The Balaban J connectivity index is 1.66. The molecular weight excluding hydrogens is 436 g/mol. The van der Waals surface area contributed by atoms with E-state index in [0.717, 1.165) is 37.0 Å². The molecule has 34 heavy (non-hydrogen) atoms. The minimum absolute atomic E-state index is 0.0452. The molecule has 1 fully saturated rings. The first-order chi connectivity index (χ1) is 16.4. The highest BCUT2D eigenvalue weighted by Crippen LogP contribution is 2.31. The Hall–Kier alpha value is -3.36. The second-order valence-corrected chi connectivity index (χ2v) is 9.11. The number of nitrogens with zero attached hydrogens (tertiary/aromatic N) is 3. The number of amides is 2. The molecule has 1 aliphatic carbocycles. The van der Waals surface area contributed by atoms with E-state index in [9.17, 15) is 14.4 Å². The maximum atomic E-state index is 13.6. The molecular formula is C25H32N4O5. The van der Waals surface area contributed by atoms with Crippen LogP contribution in [0.5, 0.6) is 5.75 Å². The van der Waals surface area contributed by atoms with Crippen molar-refractivity contribution in [2.75, 3.05) is 13.7 Å². The summed E-state index contributed by atoms with van der Waals surface area (Å²) in [5, 5.41) is 7.45. The van der Waals surface area contributed by atoms with Gasteiger partial charge in [0.2, 0.25) is 5.91 Å². The second-order valence-electron chi connectivity index (χ2n) is 9.11. The van der Waals surface area contributed by atoms with Crippen molar-refractivity contribution in [3.05, 3.63) is 47.3 Å². The smallest absolute Gasteiger partial charge is 0.358 e. The molecule has 1 N–H and O–H groups in total. The molecule has 0 radical (unpaired) electrons. The Labute approximate surface area is 199 Å². The van der Waals surface area contributed by atoms with Crippen molar-refractivity contribution in [3.63, 3.8) is 0 Å². The summed E-state index contributed by atoms with van der Waals surface area (Å²) in [5.41, 5.74) is -0.00719. The lowest BCUT2D eigenvalue weighted by molar-refractivity contribution is -0.134. The molecule has 1 aromatic carbocycles. The fourth-order valence-corrected chi connectivity index (χ4v) is 4.72. The topological polar surface area (TPSA) is 103 Å². The van der Waals surface area contributed by atoms with Crippen molar-refractivity contribution in [1.82, 2.24) is 20.0 Å². The van der Waals surface area contributed by atoms with Crippen molar-refractivity contribution >= 4 is 17.8 Å². The molecule has 2 aromatic rings. The minimum Gasteiger partial charge on any atom is -0.494 e. The van der Waals surface area contributed by atoms with Crippen LogP contribution in [-0.4, -0.2) is 57.8 Å². The predicted molar refractivity (Wildman–Crippen MR) is 124 cm³/mol. The zero-order valence-electron chi connectivity index (χ0n) is 20.0. The minimum atomic E-state index is -1.18. The van der Waals surface area contributed by atoms with E-state index in [-0.39, 0.29) is 42.3 Å². The number of carbonyl (C=O) groups excluding carboxylic acids is 3. The lowest BCUT2D eigenvalue weighted by Gasteiger charge is -2.44. The van der Waals surface area contributed by atoms with Gasteiger partial charge in [-0.1, -0.05) is 31.4 Å². The van der Waals surface area contributed by atoms with Crippen LogP contribution in [0.2, 0.25) is 0 Å². The summed E-state index contributed by atoms with van der Waals surface area (Å²) in [4.78, 5) is 40.9. The number of rotatable bonds is 7. The lowest BCUT2D eigenvalue weighted by Crippen LogP contribution is -2.64. The molecule has 1 unspecified atom stereocenters. The highest BCUT2D eigenvalue weighted by atomic mass is 16.5. The number of nitrogens with one attached hydrogen (secondary N) is 1. The number of hydrogen-bond donors (Lipinski definition) is 1. The van der Waals surface area contributed by atoms with Crippen molar-refractivity contribution in [3.8, 4) is 5.75 Å². The Morgan fingerprint density at radius 1 is 1.18 bits per heavy atom. The number of fused-ring (bicyclic) bond motifs is 1. The summed E-state index contributed by atoms with van der Waals surface area (Å²) in [6.45, 7) is 4.62. The van der Waals surface area contributed by atoms with Gasteiger partial charge in [0.05, 0.1) is 20.3 Å².